The number of ether oxygens (including phenoxy) is 2. The van der Waals surface area contributed by atoms with Crippen molar-refractivity contribution in [2.24, 2.45) is 5.73 Å². The van der Waals surface area contributed by atoms with Gasteiger partial charge in [0.2, 0.25) is 0 Å². The zero-order valence-corrected chi connectivity index (χ0v) is 7.86. The molecule has 0 amide bonds. The van der Waals surface area contributed by atoms with Crippen molar-refractivity contribution in [1.29, 1.82) is 0 Å². The van der Waals surface area contributed by atoms with Crippen molar-refractivity contribution in [3.8, 4) is 0 Å². The standard InChI is InChI=1S/C8H17NO4/c1-12-5-2-6-13-8(11)7(10)3-4-9/h7,10H,2-6,9H2,1H3/t7-/m0/s1. The van der Waals surface area contributed by atoms with Gasteiger partial charge in [0.05, 0.1) is 6.61 Å². The second-order valence-electron chi connectivity index (χ2n) is 2.61. The van der Waals surface area contributed by atoms with Crippen LogP contribution in [0.2, 0.25) is 0 Å². The molecule has 0 aliphatic carbocycles. The summed E-state index contributed by atoms with van der Waals surface area (Å²) in [5.74, 6) is -0.610. The van der Waals surface area contributed by atoms with Crippen LogP contribution in [0.25, 0.3) is 0 Å². The number of rotatable bonds is 7. The molecule has 0 unspecified atom stereocenters. The Bertz CT molecular complexity index is 140. The average Bonchev–Trinajstić information content (AvgIpc) is 2.12. The minimum Gasteiger partial charge on any atom is -0.464 e. The molecule has 0 bridgehead atoms. The Labute approximate surface area is 77.8 Å². The van der Waals surface area contributed by atoms with Gasteiger partial charge in [0.25, 0.3) is 0 Å². The summed E-state index contributed by atoms with van der Waals surface area (Å²) in [7, 11) is 1.57. The number of nitrogens with two attached hydrogens (primary N) is 1. The Morgan fingerprint density at radius 2 is 2.23 bits per heavy atom. The van der Waals surface area contributed by atoms with E-state index in [1.54, 1.807) is 7.11 Å². The van der Waals surface area contributed by atoms with Crippen molar-refractivity contribution >= 4 is 5.97 Å². The molecule has 0 aromatic carbocycles. The molecule has 5 heteroatoms. The first-order chi connectivity index (χ1) is 6.22. The summed E-state index contributed by atoms with van der Waals surface area (Å²) in [5, 5.41) is 9.09. The van der Waals surface area contributed by atoms with E-state index in [2.05, 4.69) is 0 Å². The molecule has 3 N–H and O–H groups in total. The predicted octanol–water partition coefficient (Wildman–Crippen LogP) is -0.724. The lowest BCUT2D eigenvalue weighted by Crippen LogP contribution is -2.26. The molecule has 0 rings (SSSR count). The van der Waals surface area contributed by atoms with Gasteiger partial charge in [-0.3, -0.25) is 0 Å². The molecule has 5 nitrogen and oxygen atoms in total. The quantitative estimate of drug-likeness (QED) is 0.410. The van der Waals surface area contributed by atoms with Crippen molar-refractivity contribution in [3.05, 3.63) is 0 Å². The molecule has 78 valence electrons. The summed E-state index contributed by atoms with van der Waals surface area (Å²) in [6.07, 6.45) is -0.215. The fourth-order valence-electron chi connectivity index (χ4n) is 0.748. The Kier molecular flexibility index (Phi) is 7.57. The number of hydrogen-bond acceptors (Lipinski definition) is 5. The maximum Gasteiger partial charge on any atom is 0.335 e. The fraction of sp³-hybridized carbons (Fsp3) is 0.875. The first kappa shape index (κ1) is 12.3. The lowest BCUT2D eigenvalue weighted by molar-refractivity contribution is -0.154. The van der Waals surface area contributed by atoms with Gasteiger partial charge in [-0.25, -0.2) is 4.79 Å². The van der Waals surface area contributed by atoms with E-state index in [1.807, 2.05) is 0 Å². The van der Waals surface area contributed by atoms with Gasteiger partial charge in [-0.15, -0.1) is 0 Å². The highest BCUT2D eigenvalue weighted by molar-refractivity contribution is 5.74. The summed E-state index contributed by atoms with van der Waals surface area (Å²) >= 11 is 0. The zero-order chi connectivity index (χ0) is 10.1. The highest BCUT2D eigenvalue weighted by Gasteiger charge is 2.14. The SMILES string of the molecule is COCCCOC(=O)[C@@H](O)CCN. The third-order valence-electron chi connectivity index (χ3n) is 1.45. The molecule has 0 fully saturated rings. The first-order valence-electron chi connectivity index (χ1n) is 4.26. The molecule has 0 aromatic rings. The van der Waals surface area contributed by atoms with E-state index in [9.17, 15) is 4.79 Å². The summed E-state index contributed by atoms with van der Waals surface area (Å²) in [5.41, 5.74) is 5.16. The van der Waals surface area contributed by atoms with E-state index >= 15 is 0 Å². The highest BCUT2D eigenvalue weighted by atomic mass is 16.5. The smallest absolute Gasteiger partial charge is 0.335 e. The van der Waals surface area contributed by atoms with E-state index < -0.39 is 12.1 Å². The van der Waals surface area contributed by atoms with Crippen LogP contribution in [0.15, 0.2) is 0 Å². The van der Waals surface area contributed by atoms with Gasteiger partial charge in [-0.2, -0.15) is 0 Å². The van der Waals surface area contributed by atoms with Crippen LogP contribution in [0.4, 0.5) is 0 Å². The van der Waals surface area contributed by atoms with E-state index in [0.29, 0.717) is 13.0 Å². The highest BCUT2D eigenvalue weighted by Crippen LogP contribution is 1.94. The summed E-state index contributed by atoms with van der Waals surface area (Å²) in [6, 6.07) is 0. The molecular formula is C8H17NO4. The van der Waals surface area contributed by atoms with Crippen molar-refractivity contribution in [1.82, 2.24) is 0 Å². The van der Waals surface area contributed by atoms with Gasteiger partial charge < -0.3 is 20.3 Å². The number of aliphatic hydroxyl groups is 1. The lowest BCUT2D eigenvalue weighted by Gasteiger charge is -2.08. The van der Waals surface area contributed by atoms with Gasteiger partial charge in [-0.05, 0) is 13.0 Å². The van der Waals surface area contributed by atoms with E-state index in [1.165, 1.54) is 0 Å². The van der Waals surface area contributed by atoms with Crippen LogP contribution in [-0.2, 0) is 14.3 Å². The molecular weight excluding hydrogens is 174 g/mol. The van der Waals surface area contributed by atoms with Crippen LogP contribution in [0.1, 0.15) is 12.8 Å². The van der Waals surface area contributed by atoms with Crippen LogP contribution < -0.4 is 5.73 Å². The second kappa shape index (κ2) is 7.97. The Hall–Kier alpha value is -0.650. The third-order valence-corrected chi connectivity index (χ3v) is 1.45. The molecule has 13 heavy (non-hydrogen) atoms. The van der Waals surface area contributed by atoms with Crippen LogP contribution in [0, 0.1) is 0 Å². The second-order valence-corrected chi connectivity index (χ2v) is 2.61. The molecule has 0 spiro atoms. The topological polar surface area (TPSA) is 81.8 Å². The predicted molar refractivity (Wildman–Crippen MR) is 47.1 cm³/mol. The molecule has 0 saturated heterocycles. The third kappa shape index (κ3) is 6.51. The van der Waals surface area contributed by atoms with Gasteiger partial charge >= 0.3 is 5.97 Å². The van der Waals surface area contributed by atoms with Gasteiger partial charge in [0.15, 0.2) is 6.10 Å². The van der Waals surface area contributed by atoms with Crippen LogP contribution >= 0.6 is 0 Å². The van der Waals surface area contributed by atoms with Crippen LogP contribution in [0.3, 0.4) is 0 Å². The average molecular weight is 191 g/mol. The zero-order valence-electron chi connectivity index (χ0n) is 7.86. The maximum absolute atomic E-state index is 10.9. The molecule has 0 aromatic heterocycles. The van der Waals surface area contributed by atoms with Crippen LogP contribution in [0.5, 0.6) is 0 Å². The van der Waals surface area contributed by atoms with Crippen molar-refractivity contribution in [2.75, 3.05) is 26.9 Å². The Morgan fingerprint density at radius 1 is 1.54 bits per heavy atom. The summed E-state index contributed by atoms with van der Waals surface area (Å²) in [6.45, 7) is 1.09. The van der Waals surface area contributed by atoms with E-state index in [0.717, 1.165) is 0 Å². The summed E-state index contributed by atoms with van der Waals surface area (Å²) < 4.78 is 9.49. The minimum absolute atomic E-state index is 0.239. The van der Waals surface area contributed by atoms with Crippen molar-refractivity contribution in [3.63, 3.8) is 0 Å². The molecule has 0 aliphatic rings. The number of carbonyl (C=O) groups excluding carboxylic acids is 1. The number of hydrogen-bond donors (Lipinski definition) is 2. The first-order valence-corrected chi connectivity index (χ1v) is 4.26. The summed E-state index contributed by atoms with van der Waals surface area (Å²) in [4.78, 5) is 10.9. The normalized spacial score (nSPS) is 12.5. The number of aliphatic hydroxyl groups excluding tert-OH is 1. The minimum atomic E-state index is -1.09. The molecule has 0 radical (unpaired) electrons. The van der Waals surface area contributed by atoms with E-state index in [4.69, 9.17) is 20.3 Å². The molecule has 0 saturated carbocycles. The largest absolute Gasteiger partial charge is 0.464 e. The number of esters is 1. The van der Waals surface area contributed by atoms with Gasteiger partial charge in [0.1, 0.15) is 0 Å². The molecule has 0 heterocycles. The lowest BCUT2D eigenvalue weighted by atomic mass is 10.2. The number of methoxy groups -OCH3 is 1. The fourth-order valence-corrected chi connectivity index (χ4v) is 0.748. The van der Waals surface area contributed by atoms with Crippen LogP contribution in [-0.4, -0.2) is 44.0 Å². The Morgan fingerprint density at radius 3 is 2.77 bits per heavy atom. The number of carbonyl (C=O) groups is 1. The van der Waals surface area contributed by atoms with Gasteiger partial charge in [-0.1, -0.05) is 0 Å². The Balaban J connectivity index is 3.38. The van der Waals surface area contributed by atoms with Crippen molar-refractivity contribution in [2.45, 2.75) is 18.9 Å². The van der Waals surface area contributed by atoms with E-state index in [-0.39, 0.29) is 19.6 Å². The monoisotopic (exact) mass is 191 g/mol. The van der Waals surface area contributed by atoms with Gasteiger partial charge in [0, 0.05) is 20.1 Å². The molecule has 1 atom stereocenters. The van der Waals surface area contributed by atoms with Crippen molar-refractivity contribution < 1.29 is 19.4 Å². The maximum atomic E-state index is 10.9. The molecule has 0 aliphatic heterocycles.